The molecule has 0 spiro atoms. The summed E-state index contributed by atoms with van der Waals surface area (Å²) in [6.07, 6.45) is 2.37. The van der Waals surface area contributed by atoms with E-state index in [2.05, 4.69) is 28.3 Å². The molecule has 0 unspecified atom stereocenters. The molecule has 0 aliphatic carbocycles. The summed E-state index contributed by atoms with van der Waals surface area (Å²) in [5.74, 6) is 1.38. The van der Waals surface area contributed by atoms with Crippen LogP contribution >= 0.6 is 21.6 Å². The lowest BCUT2D eigenvalue weighted by atomic mass is 10.0. The highest BCUT2D eigenvalue weighted by molar-refractivity contribution is 8.76. The average Bonchev–Trinajstić information content (AvgIpc) is 3.09. The van der Waals surface area contributed by atoms with Gasteiger partial charge in [-0.1, -0.05) is 41.1 Å². The summed E-state index contributed by atoms with van der Waals surface area (Å²) in [7, 11) is 5.32. The van der Waals surface area contributed by atoms with Crippen molar-refractivity contribution in [2.75, 3.05) is 30.8 Å². The third kappa shape index (κ3) is 4.20. The number of likely N-dealkylation sites (N-methyl/N-ethyl adjacent to an activating group) is 1. The highest BCUT2D eigenvalue weighted by Crippen LogP contribution is 2.39. The molecule has 0 atom stereocenters. The third-order valence-electron chi connectivity index (χ3n) is 4.64. The van der Waals surface area contributed by atoms with Gasteiger partial charge in [-0.05, 0) is 40.3 Å². The van der Waals surface area contributed by atoms with Gasteiger partial charge in [-0.15, -0.1) is 0 Å². The molecule has 1 amide bonds. The minimum absolute atomic E-state index is 0.422. The van der Waals surface area contributed by atoms with Gasteiger partial charge in [0.25, 0.3) is 0 Å². The average molecular weight is 412 g/mol. The van der Waals surface area contributed by atoms with Crippen molar-refractivity contribution in [1.82, 2.24) is 10.3 Å². The molecule has 0 radical (unpaired) electrons. The van der Waals surface area contributed by atoms with Gasteiger partial charge in [0.2, 0.25) is 0 Å². The quantitative estimate of drug-likeness (QED) is 0.466. The minimum Gasteiger partial charge on any atom is -0.410 e. The molecule has 5 nitrogen and oxygen atoms in total. The summed E-state index contributed by atoms with van der Waals surface area (Å²) in [5, 5.41) is 5.93. The van der Waals surface area contributed by atoms with Crippen LogP contribution in [0, 0.1) is 0 Å². The third-order valence-corrected chi connectivity index (χ3v) is 6.91. The Bertz CT molecular complexity index is 982. The van der Waals surface area contributed by atoms with Crippen molar-refractivity contribution in [1.29, 1.82) is 0 Å². The summed E-state index contributed by atoms with van der Waals surface area (Å²) in [6, 6.07) is 15.9. The molecular weight excluding hydrogens is 390 g/mol. The highest BCUT2D eigenvalue weighted by Gasteiger charge is 2.21. The van der Waals surface area contributed by atoms with Crippen molar-refractivity contribution in [2.24, 2.45) is 0 Å². The second kappa shape index (κ2) is 8.75. The zero-order chi connectivity index (χ0) is 19.3. The number of nitrogens with zero attached hydrogens (tertiary/aromatic N) is 2. The lowest BCUT2D eigenvalue weighted by molar-refractivity contribution is 0.202. The van der Waals surface area contributed by atoms with Crippen LogP contribution in [0.2, 0.25) is 0 Å². The van der Waals surface area contributed by atoms with Crippen LogP contribution in [0.3, 0.4) is 0 Å². The van der Waals surface area contributed by atoms with Crippen molar-refractivity contribution < 1.29 is 9.53 Å². The van der Waals surface area contributed by atoms with Gasteiger partial charge < -0.3 is 15.0 Å². The van der Waals surface area contributed by atoms with Crippen molar-refractivity contribution in [3.8, 4) is 5.75 Å². The maximum atomic E-state index is 12.3. The van der Waals surface area contributed by atoms with Crippen molar-refractivity contribution in [3.63, 3.8) is 0 Å². The summed E-state index contributed by atoms with van der Waals surface area (Å²) in [4.78, 5) is 18.8. The second-order valence-electron chi connectivity index (χ2n) is 6.48. The number of carbonyl (C=O) groups is 1. The first-order valence-corrected chi connectivity index (χ1v) is 11.5. The van der Waals surface area contributed by atoms with Crippen LogP contribution in [0.4, 0.5) is 10.5 Å². The van der Waals surface area contributed by atoms with Crippen molar-refractivity contribution in [3.05, 3.63) is 60.3 Å². The summed E-state index contributed by atoms with van der Waals surface area (Å²) < 4.78 is 5.66. The molecule has 1 aliphatic rings. The molecule has 1 N–H and O–H groups in total. The zero-order valence-electron chi connectivity index (χ0n) is 15.6. The molecule has 0 saturated heterocycles. The molecule has 3 aromatic rings. The van der Waals surface area contributed by atoms with E-state index in [9.17, 15) is 4.79 Å². The van der Waals surface area contributed by atoms with Gasteiger partial charge in [0.15, 0.2) is 0 Å². The van der Waals surface area contributed by atoms with Gasteiger partial charge in [-0.25, -0.2) is 9.78 Å². The molecular formula is C21H21N3O2S2. The minimum atomic E-state index is -0.422. The van der Waals surface area contributed by atoms with E-state index >= 15 is 0 Å². The standard InChI is InChI=1S/C21H21N3O2S2/c1-24-12-9-16-15-6-2-3-7-17(15)19(14-18(16)24)26-21(25)23-11-13-27-28-20-8-4-5-10-22-20/h2-8,10,14H,9,11-13H2,1H3,(H,23,25). The second-order valence-corrected chi connectivity index (χ2v) is 8.92. The van der Waals surface area contributed by atoms with Crippen LogP contribution in [-0.2, 0) is 6.42 Å². The first-order valence-electron chi connectivity index (χ1n) is 9.14. The van der Waals surface area contributed by atoms with Gasteiger partial charge in [0, 0.05) is 49.2 Å². The number of hydrogen-bond donors (Lipinski definition) is 1. The fourth-order valence-electron chi connectivity index (χ4n) is 3.31. The lowest BCUT2D eigenvalue weighted by Gasteiger charge is -2.16. The normalized spacial score (nSPS) is 12.8. The number of benzene rings is 2. The first kappa shape index (κ1) is 19.0. The molecule has 0 bridgehead atoms. The van der Waals surface area contributed by atoms with E-state index in [1.807, 2.05) is 42.5 Å². The van der Waals surface area contributed by atoms with Gasteiger partial charge in [-0.2, -0.15) is 0 Å². The van der Waals surface area contributed by atoms with Crippen LogP contribution in [0.1, 0.15) is 5.56 Å². The Morgan fingerprint density at radius 3 is 2.86 bits per heavy atom. The predicted octanol–water partition coefficient (Wildman–Crippen LogP) is 4.76. The maximum Gasteiger partial charge on any atom is 0.412 e. The largest absolute Gasteiger partial charge is 0.412 e. The van der Waals surface area contributed by atoms with Crippen LogP contribution in [-0.4, -0.2) is 37.0 Å². The van der Waals surface area contributed by atoms with E-state index < -0.39 is 6.09 Å². The molecule has 4 rings (SSSR count). The number of amides is 1. The van der Waals surface area contributed by atoms with Crippen LogP contribution in [0.25, 0.3) is 10.8 Å². The highest BCUT2D eigenvalue weighted by atomic mass is 33.1. The Morgan fingerprint density at radius 1 is 1.21 bits per heavy atom. The summed E-state index contributed by atoms with van der Waals surface area (Å²) in [5.41, 5.74) is 2.47. The molecule has 0 fully saturated rings. The maximum absolute atomic E-state index is 12.3. The molecule has 7 heteroatoms. The number of hydrogen-bond acceptors (Lipinski definition) is 6. The predicted molar refractivity (Wildman–Crippen MR) is 118 cm³/mol. The summed E-state index contributed by atoms with van der Waals surface area (Å²) in [6.45, 7) is 1.52. The van der Waals surface area contributed by atoms with Crippen LogP contribution in [0.15, 0.2) is 59.8 Å². The van der Waals surface area contributed by atoms with Crippen molar-refractivity contribution in [2.45, 2.75) is 11.4 Å². The molecule has 144 valence electrons. The Kier molecular flexibility index (Phi) is 5.92. The van der Waals surface area contributed by atoms with E-state index in [0.29, 0.717) is 12.3 Å². The van der Waals surface area contributed by atoms with Gasteiger partial charge in [-0.3, -0.25) is 0 Å². The molecule has 1 aromatic heterocycles. The van der Waals surface area contributed by atoms with Gasteiger partial charge in [0.1, 0.15) is 10.8 Å². The van der Waals surface area contributed by atoms with E-state index in [1.165, 1.54) is 5.56 Å². The number of rotatable bonds is 6. The zero-order valence-corrected chi connectivity index (χ0v) is 17.2. The number of anilines is 1. The topological polar surface area (TPSA) is 54.5 Å². The number of ether oxygens (including phenoxy) is 1. The summed E-state index contributed by atoms with van der Waals surface area (Å²) >= 11 is 0. The first-order chi connectivity index (χ1) is 13.7. The number of nitrogens with one attached hydrogen (secondary N) is 1. The van der Waals surface area contributed by atoms with Crippen molar-refractivity contribution >= 4 is 44.1 Å². The van der Waals surface area contributed by atoms with E-state index in [-0.39, 0.29) is 0 Å². The Balaban J connectivity index is 1.36. The van der Waals surface area contributed by atoms with E-state index in [4.69, 9.17) is 4.74 Å². The molecule has 28 heavy (non-hydrogen) atoms. The molecule has 1 aliphatic heterocycles. The fraction of sp³-hybridized carbons (Fsp3) is 0.238. The SMILES string of the molecule is CN1CCc2c1cc(OC(=O)NCCSSc1ccccn1)c1ccccc21. The number of aromatic nitrogens is 1. The number of pyridine rings is 1. The molecule has 0 saturated carbocycles. The Morgan fingerprint density at radius 2 is 2.04 bits per heavy atom. The van der Waals surface area contributed by atoms with E-state index in [1.54, 1.807) is 27.8 Å². The van der Waals surface area contributed by atoms with E-state index in [0.717, 1.165) is 40.2 Å². The lowest BCUT2D eigenvalue weighted by Crippen LogP contribution is -2.28. The number of carbonyl (C=O) groups excluding carboxylic acids is 1. The molecule has 2 aromatic carbocycles. The van der Waals surface area contributed by atoms with Crippen LogP contribution in [0.5, 0.6) is 5.75 Å². The van der Waals surface area contributed by atoms with Crippen LogP contribution < -0.4 is 15.0 Å². The molecule has 2 heterocycles. The monoisotopic (exact) mass is 411 g/mol. The van der Waals surface area contributed by atoms with Gasteiger partial charge >= 0.3 is 6.09 Å². The fourth-order valence-corrected chi connectivity index (χ4v) is 5.09. The van der Waals surface area contributed by atoms with Gasteiger partial charge in [0.05, 0.1) is 0 Å². The Labute approximate surface area is 172 Å². The smallest absolute Gasteiger partial charge is 0.410 e. The number of fused-ring (bicyclic) bond motifs is 3. The Hall–Kier alpha value is -2.38.